The zero-order valence-corrected chi connectivity index (χ0v) is 11.8. The number of hydrogen-bond acceptors (Lipinski definition) is 2. The third-order valence-corrected chi connectivity index (χ3v) is 4.56. The molecule has 2 rings (SSSR count). The van der Waals surface area contributed by atoms with Crippen LogP contribution in [0.5, 0.6) is 0 Å². The van der Waals surface area contributed by atoms with E-state index in [4.69, 9.17) is 0 Å². The van der Waals surface area contributed by atoms with Gasteiger partial charge in [-0.25, -0.2) is 0 Å². The van der Waals surface area contributed by atoms with Crippen LogP contribution in [0, 0.1) is 11.8 Å². The van der Waals surface area contributed by atoms with Gasteiger partial charge < -0.3 is 10.2 Å². The lowest BCUT2D eigenvalue weighted by Crippen LogP contribution is -2.47. The van der Waals surface area contributed by atoms with E-state index in [9.17, 15) is 0 Å². The molecule has 0 aromatic heterocycles. The van der Waals surface area contributed by atoms with Crippen molar-refractivity contribution in [3.8, 4) is 0 Å². The van der Waals surface area contributed by atoms with Crippen molar-refractivity contribution in [3.05, 3.63) is 0 Å². The number of likely N-dealkylation sites (N-methyl/N-ethyl adjacent to an activating group) is 1. The van der Waals surface area contributed by atoms with Gasteiger partial charge in [0.25, 0.3) is 0 Å². The van der Waals surface area contributed by atoms with Crippen LogP contribution < -0.4 is 5.32 Å². The molecule has 2 nitrogen and oxygen atoms in total. The predicted octanol–water partition coefficient (Wildman–Crippen LogP) is 2.89. The predicted molar refractivity (Wildman–Crippen MR) is 74.3 cm³/mol. The van der Waals surface area contributed by atoms with Crippen LogP contribution in [0.1, 0.15) is 52.4 Å². The molecule has 0 aromatic rings. The number of piperidine rings is 1. The summed E-state index contributed by atoms with van der Waals surface area (Å²) in [5, 5.41) is 3.62. The van der Waals surface area contributed by atoms with E-state index in [0.29, 0.717) is 0 Å². The van der Waals surface area contributed by atoms with Gasteiger partial charge in [-0.1, -0.05) is 26.7 Å². The second-order valence-corrected chi connectivity index (χ2v) is 6.29. The summed E-state index contributed by atoms with van der Waals surface area (Å²) in [7, 11) is 0. The van der Waals surface area contributed by atoms with Crippen LogP contribution in [0.25, 0.3) is 0 Å². The largest absolute Gasteiger partial charge is 0.313 e. The fourth-order valence-corrected chi connectivity index (χ4v) is 3.77. The third kappa shape index (κ3) is 4.26. The molecule has 0 radical (unpaired) electrons. The summed E-state index contributed by atoms with van der Waals surface area (Å²) < 4.78 is 0. The molecule has 1 heterocycles. The van der Waals surface area contributed by atoms with Crippen molar-refractivity contribution in [2.75, 3.05) is 26.2 Å². The Labute approximate surface area is 107 Å². The highest BCUT2D eigenvalue weighted by Gasteiger charge is 2.24. The first-order chi connectivity index (χ1) is 8.28. The molecule has 2 fully saturated rings. The van der Waals surface area contributed by atoms with E-state index in [1.165, 1.54) is 58.2 Å². The van der Waals surface area contributed by atoms with Crippen LogP contribution in [0.3, 0.4) is 0 Å². The highest BCUT2D eigenvalue weighted by Crippen LogP contribution is 2.29. The maximum absolute atomic E-state index is 3.62. The van der Waals surface area contributed by atoms with Crippen LogP contribution in [0.2, 0.25) is 0 Å². The molecule has 3 atom stereocenters. The Hall–Kier alpha value is -0.0800. The molecule has 0 amide bonds. The van der Waals surface area contributed by atoms with Gasteiger partial charge >= 0.3 is 0 Å². The Morgan fingerprint density at radius 1 is 1.18 bits per heavy atom. The normalized spacial score (nSPS) is 36.0. The monoisotopic (exact) mass is 238 g/mol. The summed E-state index contributed by atoms with van der Waals surface area (Å²) in [5.74, 6) is 1.96. The SMILES string of the molecule is CCNC1CCCN(CC2CCCC(C)C2)C1. The molecule has 1 saturated heterocycles. The van der Waals surface area contributed by atoms with E-state index in [-0.39, 0.29) is 0 Å². The van der Waals surface area contributed by atoms with E-state index < -0.39 is 0 Å². The molecule has 1 aliphatic carbocycles. The van der Waals surface area contributed by atoms with Crippen LogP contribution in [-0.2, 0) is 0 Å². The van der Waals surface area contributed by atoms with Crippen LogP contribution in [0.4, 0.5) is 0 Å². The fraction of sp³-hybridized carbons (Fsp3) is 1.00. The summed E-state index contributed by atoms with van der Waals surface area (Å²) in [4.78, 5) is 2.72. The first-order valence-corrected chi connectivity index (χ1v) is 7.73. The molecule has 0 bridgehead atoms. The summed E-state index contributed by atoms with van der Waals surface area (Å²) in [6.45, 7) is 9.78. The van der Waals surface area contributed by atoms with Gasteiger partial charge in [0.1, 0.15) is 0 Å². The number of nitrogens with zero attached hydrogens (tertiary/aromatic N) is 1. The van der Waals surface area contributed by atoms with Crippen molar-refractivity contribution in [2.24, 2.45) is 11.8 Å². The Morgan fingerprint density at radius 3 is 2.82 bits per heavy atom. The number of hydrogen-bond donors (Lipinski definition) is 1. The number of rotatable bonds is 4. The first-order valence-electron chi connectivity index (χ1n) is 7.73. The fourth-order valence-electron chi connectivity index (χ4n) is 3.77. The van der Waals surface area contributed by atoms with E-state index >= 15 is 0 Å². The molecule has 2 aliphatic rings. The lowest BCUT2D eigenvalue weighted by molar-refractivity contribution is 0.139. The van der Waals surface area contributed by atoms with Crippen molar-refractivity contribution in [1.29, 1.82) is 0 Å². The highest BCUT2D eigenvalue weighted by atomic mass is 15.2. The smallest absolute Gasteiger partial charge is 0.0195 e. The van der Waals surface area contributed by atoms with Crippen molar-refractivity contribution in [2.45, 2.75) is 58.4 Å². The molecule has 1 N–H and O–H groups in total. The topological polar surface area (TPSA) is 15.3 Å². The molecule has 1 aliphatic heterocycles. The number of likely N-dealkylation sites (tertiary alicyclic amines) is 1. The quantitative estimate of drug-likeness (QED) is 0.810. The van der Waals surface area contributed by atoms with E-state index in [0.717, 1.165) is 24.4 Å². The average molecular weight is 238 g/mol. The van der Waals surface area contributed by atoms with Gasteiger partial charge in [0, 0.05) is 19.1 Å². The Kier molecular flexibility index (Phi) is 5.30. The molecule has 0 spiro atoms. The summed E-state index contributed by atoms with van der Waals surface area (Å²) in [6, 6.07) is 0.759. The molecule has 2 heteroatoms. The summed E-state index contributed by atoms with van der Waals surface area (Å²) >= 11 is 0. The lowest BCUT2D eigenvalue weighted by Gasteiger charge is -2.37. The lowest BCUT2D eigenvalue weighted by atomic mass is 9.82. The molecule has 0 aromatic carbocycles. The molecular formula is C15H30N2. The van der Waals surface area contributed by atoms with Gasteiger partial charge in [-0.3, -0.25) is 0 Å². The molecule has 1 saturated carbocycles. The second kappa shape index (κ2) is 6.75. The van der Waals surface area contributed by atoms with Gasteiger partial charge in [0.2, 0.25) is 0 Å². The zero-order valence-electron chi connectivity index (χ0n) is 11.8. The summed E-state index contributed by atoms with van der Waals surface area (Å²) in [5.41, 5.74) is 0. The van der Waals surface area contributed by atoms with Gasteiger partial charge in [-0.2, -0.15) is 0 Å². The van der Waals surface area contributed by atoms with E-state index in [1.54, 1.807) is 0 Å². The van der Waals surface area contributed by atoms with Crippen molar-refractivity contribution in [1.82, 2.24) is 10.2 Å². The van der Waals surface area contributed by atoms with Crippen LogP contribution in [-0.4, -0.2) is 37.1 Å². The minimum atomic E-state index is 0.759. The van der Waals surface area contributed by atoms with Crippen LogP contribution in [0.15, 0.2) is 0 Å². The average Bonchev–Trinajstić information content (AvgIpc) is 2.30. The molecular weight excluding hydrogens is 208 g/mol. The van der Waals surface area contributed by atoms with Crippen molar-refractivity contribution in [3.63, 3.8) is 0 Å². The number of nitrogens with one attached hydrogen (secondary N) is 1. The highest BCUT2D eigenvalue weighted by molar-refractivity contribution is 4.81. The molecule has 100 valence electrons. The zero-order chi connectivity index (χ0) is 12.1. The van der Waals surface area contributed by atoms with Gasteiger partial charge in [-0.05, 0) is 50.6 Å². The van der Waals surface area contributed by atoms with Crippen molar-refractivity contribution < 1.29 is 0 Å². The Bertz CT molecular complexity index is 215. The van der Waals surface area contributed by atoms with Crippen molar-refractivity contribution >= 4 is 0 Å². The minimum absolute atomic E-state index is 0.759. The molecule has 17 heavy (non-hydrogen) atoms. The van der Waals surface area contributed by atoms with Crippen LogP contribution >= 0.6 is 0 Å². The maximum Gasteiger partial charge on any atom is 0.0195 e. The van der Waals surface area contributed by atoms with Gasteiger partial charge in [0.15, 0.2) is 0 Å². The second-order valence-electron chi connectivity index (χ2n) is 6.29. The summed E-state index contributed by atoms with van der Waals surface area (Å²) in [6.07, 6.45) is 8.66. The minimum Gasteiger partial charge on any atom is -0.313 e. The van der Waals surface area contributed by atoms with Gasteiger partial charge in [-0.15, -0.1) is 0 Å². The first kappa shape index (κ1) is 13.4. The van der Waals surface area contributed by atoms with E-state index in [1.807, 2.05) is 0 Å². The van der Waals surface area contributed by atoms with E-state index in [2.05, 4.69) is 24.1 Å². The Balaban J connectivity index is 1.74. The molecule has 3 unspecified atom stereocenters. The Morgan fingerprint density at radius 2 is 2.06 bits per heavy atom. The standard InChI is InChI=1S/C15H30N2/c1-3-16-15-8-5-9-17(12-15)11-14-7-4-6-13(2)10-14/h13-16H,3-12H2,1-2H3. The third-order valence-electron chi connectivity index (χ3n) is 4.56. The maximum atomic E-state index is 3.62. The van der Waals surface area contributed by atoms with Gasteiger partial charge in [0.05, 0.1) is 0 Å².